The van der Waals surface area contributed by atoms with Crippen LogP contribution in [0.1, 0.15) is 43.9 Å². The molecule has 1 saturated heterocycles. The Morgan fingerprint density at radius 1 is 1.43 bits per heavy atom. The number of nitrogens with one attached hydrogen (secondary N) is 1. The molecule has 0 saturated carbocycles. The Morgan fingerprint density at radius 3 is 2.90 bits per heavy atom. The third kappa shape index (κ3) is 4.53. The van der Waals surface area contributed by atoms with Crippen LogP contribution < -0.4 is 5.32 Å². The molecule has 3 nitrogen and oxygen atoms in total. The van der Waals surface area contributed by atoms with Gasteiger partial charge in [-0.3, -0.25) is 4.90 Å². The lowest BCUT2D eigenvalue weighted by molar-refractivity contribution is -0.0523. The fraction of sp³-hybridized carbons (Fsp3) is 0.667. The minimum atomic E-state index is 0.0155. The van der Waals surface area contributed by atoms with Crippen molar-refractivity contribution in [3.8, 4) is 0 Å². The minimum Gasteiger partial charge on any atom is -0.377 e. The molecule has 2 unspecified atom stereocenters. The van der Waals surface area contributed by atoms with E-state index in [9.17, 15) is 0 Å². The molecule has 21 heavy (non-hydrogen) atoms. The van der Waals surface area contributed by atoms with Gasteiger partial charge >= 0.3 is 0 Å². The highest BCUT2D eigenvalue weighted by Crippen LogP contribution is 2.26. The number of hydrogen-bond donors (Lipinski definition) is 1. The molecule has 0 amide bonds. The van der Waals surface area contributed by atoms with Crippen molar-refractivity contribution in [3.05, 3.63) is 35.4 Å². The van der Waals surface area contributed by atoms with Crippen molar-refractivity contribution in [3.63, 3.8) is 0 Å². The van der Waals surface area contributed by atoms with Gasteiger partial charge in [-0.1, -0.05) is 36.8 Å². The second kappa shape index (κ2) is 7.39. The predicted molar refractivity (Wildman–Crippen MR) is 88.7 cm³/mol. The summed E-state index contributed by atoms with van der Waals surface area (Å²) in [5.74, 6) is 0. The normalized spacial score (nSPS) is 25.0. The Bertz CT molecular complexity index is 449. The van der Waals surface area contributed by atoms with Gasteiger partial charge in [0.05, 0.1) is 5.60 Å². The van der Waals surface area contributed by atoms with E-state index < -0.39 is 0 Å². The van der Waals surface area contributed by atoms with Crippen LogP contribution in [0.2, 0.25) is 0 Å². The summed E-state index contributed by atoms with van der Waals surface area (Å²) in [5.41, 5.74) is 2.74. The Morgan fingerprint density at radius 2 is 2.24 bits per heavy atom. The summed E-state index contributed by atoms with van der Waals surface area (Å²) in [5, 5.41) is 3.64. The van der Waals surface area contributed by atoms with Crippen LogP contribution in [0, 0.1) is 6.92 Å². The molecule has 2 rings (SSSR count). The van der Waals surface area contributed by atoms with Crippen molar-refractivity contribution >= 4 is 0 Å². The summed E-state index contributed by atoms with van der Waals surface area (Å²) in [6.07, 6.45) is 2.38. The molecule has 0 aliphatic carbocycles. The second-order valence-corrected chi connectivity index (χ2v) is 6.52. The van der Waals surface area contributed by atoms with E-state index >= 15 is 0 Å². The first-order valence-electron chi connectivity index (χ1n) is 8.14. The molecule has 1 aliphatic rings. The van der Waals surface area contributed by atoms with Crippen LogP contribution in [0.25, 0.3) is 0 Å². The lowest BCUT2D eigenvalue weighted by Gasteiger charge is -2.41. The third-order valence-corrected chi connectivity index (χ3v) is 4.57. The molecule has 0 aromatic heterocycles. The molecular weight excluding hydrogens is 260 g/mol. The quantitative estimate of drug-likeness (QED) is 0.871. The zero-order valence-electron chi connectivity index (χ0n) is 14.0. The van der Waals surface area contributed by atoms with Crippen LogP contribution in [0.15, 0.2) is 24.3 Å². The number of nitrogens with zero attached hydrogens (tertiary/aromatic N) is 1. The van der Waals surface area contributed by atoms with E-state index in [0.717, 1.165) is 26.1 Å². The molecule has 1 heterocycles. The van der Waals surface area contributed by atoms with Gasteiger partial charge in [0, 0.05) is 26.2 Å². The number of likely N-dealkylation sites (tertiary alicyclic amines) is 1. The minimum absolute atomic E-state index is 0.0155. The molecule has 1 aliphatic heterocycles. The van der Waals surface area contributed by atoms with E-state index in [1.807, 2.05) is 7.11 Å². The van der Waals surface area contributed by atoms with E-state index in [-0.39, 0.29) is 5.60 Å². The SMILES string of the molecule is CCNC(CN1CCCC(C)(OC)C1)c1cccc(C)c1. The third-order valence-electron chi connectivity index (χ3n) is 4.57. The van der Waals surface area contributed by atoms with Gasteiger partial charge in [-0.2, -0.15) is 0 Å². The zero-order chi connectivity index (χ0) is 15.3. The molecule has 0 bridgehead atoms. The van der Waals surface area contributed by atoms with Crippen LogP contribution in [0.3, 0.4) is 0 Å². The van der Waals surface area contributed by atoms with Crippen molar-refractivity contribution in [1.29, 1.82) is 0 Å². The Hall–Kier alpha value is -0.900. The number of hydrogen-bond acceptors (Lipinski definition) is 3. The van der Waals surface area contributed by atoms with E-state index in [2.05, 4.69) is 55.3 Å². The first-order valence-corrected chi connectivity index (χ1v) is 8.14. The zero-order valence-corrected chi connectivity index (χ0v) is 14.0. The van der Waals surface area contributed by atoms with Crippen molar-refractivity contribution < 1.29 is 4.74 Å². The molecule has 2 atom stereocenters. The second-order valence-electron chi connectivity index (χ2n) is 6.52. The number of aryl methyl sites for hydroxylation is 1. The summed E-state index contributed by atoms with van der Waals surface area (Å²) in [7, 11) is 1.84. The fourth-order valence-corrected chi connectivity index (χ4v) is 3.31. The van der Waals surface area contributed by atoms with Crippen LogP contribution in [0.4, 0.5) is 0 Å². The Labute approximate surface area is 129 Å². The van der Waals surface area contributed by atoms with Gasteiger partial charge in [0.2, 0.25) is 0 Å². The average molecular weight is 290 g/mol. The maximum Gasteiger partial charge on any atom is 0.0777 e. The van der Waals surface area contributed by atoms with Gasteiger partial charge in [-0.15, -0.1) is 0 Å². The van der Waals surface area contributed by atoms with Crippen LogP contribution >= 0.6 is 0 Å². The number of likely N-dealkylation sites (N-methyl/N-ethyl adjacent to an activating group) is 1. The number of rotatable bonds is 6. The Balaban J connectivity index is 2.06. The molecule has 1 N–H and O–H groups in total. The monoisotopic (exact) mass is 290 g/mol. The summed E-state index contributed by atoms with van der Waals surface area (Å²) in [6, 6.07) is 9.25. The number of benzene rings is 1. The van der Waals surface area contributed by atoms with Gasteiger partial charge in [0.25, 0.3) is 0 Å². The van der Waals surface area contributed by atoms with E-state index in [4.69, 9.17) is 4.74 Å². The molecule has 1 fully saturated rings. The van der Waals surface area contributed by atoms with Crippen molar-refractivity contribution in [1.82, 2.24) is 10.2 Å². The fourth-order valence-electron chi connectivity index (χ4n) is 3.31. The highest BCUT2D eigenvalue weighted by molar-refractivity contribution is 5.25. The summed E-state index contributed by atoms with van der Waals surface area (Å²) in [4.78, 5) is 2.54. The number of ether oxygens (including phenoxy) is 1. The summed E-state index contributed by atoms with van der Waals surface area (Å²) in [6.45, 7) is 10.8. The molecule has 1 aromatic carbocycles. The van der Waals surface area contributed by atoms with Gasteiger partial charge in [0.1, 0.15) is 0 Å². The molecule has 3 heteroatoms. The van der Waals surface area contributed by atoms with Crippen LogP contribution in [-0.4, -0.2) is 43.8 Å². The highest BCUT2D eigenvalue weighted by Gasteiger charge is 2.31. The molecule has 118 valence electrons. The summed E-state index contributed by atoms with van der Waals surface area (Å²) < 4.78 is 5.71. The van der Waals surface area contributed by atoms with Gasteiger partial charge in [0.15, 0.2) is 0 Å². The van der Waals surface area contributed by atoms with E-state index in [1.165, 1.54) is 24.1 Å². The van der Waals surface area contributed by atoms with E-state index in [0.29, 0.717) is 6.04 Å². The maximum absolute atomic E-state index is 5.71. The first kappa shape index (κ1) is 16.5. The summed E-state index contributed by atoms with van der Waals surface area (Å²) >= 11 is 0. The standard InChI is InChI=1S/C18H30N2O/c1-5-19-17(16-9-6-8-15(2)12-16)13-20-11-7-10-18(3,14-20)21-4/h6,8-9,12,17,19H,5,7,10-11,13-14H2,1-4H3. The average Bonchev–Trinajstić information content (AvgIpc) is 2.47. The van der Waals surface area contributed by atoms with Crippen LogP contribution in [0.5, 0.6) is 0 Å². The van der Waals surface area contributed by atoms with E-state index in [1.54, 1.807) is 0 Å². The van der Waals surface area contributed by atoms with Crippen molar-refractivity contribution in [2.24, 2.45) is 0 Å². The molecular formula is C18H30N2O. The van der Waals surface area contributed by atoms with Crippen molar-refractivity contribution in [2.75, 3.05) is 33.3 Å². The lowest BCUT2D eigenvalue weighted by atomic mass is 9.93. The Kier molecular flexibility index (Phi) is 5.80. The van der Waals surface area contributed by atoms with Crippen molar-refractivity contribution in [2.45, 2.75) is 45.3 Å². The molecule has 0 spiro atoms. The predicted octanol–water partition coefficient (Wildman–Crippen LogP) is 3.15. The lowest BCUT2D eigenvalue weighted by Crippen LogP contribution is -2.49. The maximum atomic E-state index is 5.71. The smallest absolute Gasteiger partial charge is 0.0777 e. The number of methoxy groups -OCH3 is 1. The molecule has 1 aromatic rings. The van der Waals surface area contributed by atoms with Crippen LogP contribution in [-0.2, 0) is 4.74 Å². The largest absolute Gasteiger partial charge is 0.377 e. The number of piperidine rings is 1. The first-order chi connectivity index (χ1) is 10.1. The molecule has 0 radical (unpaired) electrons. The highest BCUT2D eigenvalue weighted by atomic mass is 16.5. The van der Waals surface area contributed by atoms with Gasteiger partial charge in [-0.05, 0) is 45.3 Å². The topological polar surface area (TPSA) is 24.5 Å². The van der Waals surface area contributed by atoms with Gasteiger partial charge in [-0.25, -0.2) is 0 Å². The van der Waals surface area contributed by atoms with Gasteiger partial charge < -0.3 is 10.1 Å².